The van der Waals surface area contributed by atoms with Gasteiger partial charge in [0.05, 0.1) is 18.3 Å². The molecule has 1 fully saturated rings. The summed E-state index contributed by atoms with van der Waals surface area (Å²) in [5.74, 6) is -2.03. The van der Waals surface area contributed by atoms with E-state index in [1.54, 1.807) is 23.9 Å². The predicted molar refractivity (Wildman–Crippen MR) is 134 cm³/mol. The molecule has 0 bridgehead atoms. The molecular formula is C26H30F3N3O4S. The van der Waals surface area contributed by atoms with Crippen LogP contribution in [0.3, 0.4) is 0 Å². The third-order valence-corrected chi connectivity index (χ3v) is 8.26. The van der Waals surface area contributed by atoms with E-state index < -0.39 is 28.0 Å². The Balaban J connectivity index is 1.66. The van der Waals surface area contributed by atoms with Crippen LogP contribution in [0.5, 0.6) is 5.88 Å². The van der Waals surface area contributed by atoms with Gasteiger partial charge in [0.15, 0.2) is 0 Å². The number of ether oxygens (including phenoxy) is 1. The molecule has 1 aromatic carbocycles. The molecule has 7 nitrogen and oxygen atoms in total. The molecule has 2 heterocycles. The van der Waals surface area contributed by atoms with E-state index in [-0.39, 0.29) is 42.7 Å². The summed E-state index contributed by atoms with van der Waals surface area (Å²) < 4.78 is 73.1. The summed E-state index contributed by atoms with van der Waals surface area (Å²) in [6, 6.07) is 11.2. The van der Waals surface area contributed by atoms with Crippen LogP contribution in [0.25, 0.3) is 10.9 Å². The fourth-order valence-electron chi connectivity index (χ4n) is 4.93. The largest absolute Gasteiger partial charge is 0.476 e. The first-order valence-corrected chi connectivity index (χ1v) is 13.9. The minimum absolute atomic E-state index is 0.0304. The summed E-state index contributed by atoms with van der Waals surface area (Å²) in [5, 5.41) is 0.691. The number of carbonyl (C=O) groups excluding carboxylic acids is 1. The standard InChI is InChI=1S/C26H30F3N3O4S/c1-3-37(34,35)31-24(33)22-21(15-17-7-5-4-6-8-17)20-13-14-30-25(23(20)32(22)2)36-16-18-9-11-19(12-10-18)26(27,28)29/h4-8,13-14,18-19H,3,9-12,15-16H2,1-2H3,(H,31,33). The van der Waals surface area contributed by atoms with E-state index in [2.05, 4.69) is 9.71 Å². The zero-order chi connectivity index (χ0) is 26.8. The molecule has 1 amide bonds. The number of rotatable bonds is 8. The molecule has 1 aliphatic carbocycles. The minimum Gasteiger partial charge on any atom is -0.476 e. The van der Waals surface area contributed by atoms with Crippen molar-refractivity contribution in [1.29, 1.82) is 0 Å². The Hall–Kier alpha value is -3.08. The second-order valence-electron chi connectivity index (χ2n) is 9.47. The second kappa shape index (κ2) is 10.7. The molecule has 3 aromatic rings. The third kappa shape index (κ3) is 6.08. The number of pyridine rings is 1. The van der Waals surface area contributed by atoms with Gasteiger partial charge in [-0.2, -0.15) is 13.2 Å². The van der Waals surface area contributed by atoms with Crippen molar-refractivity contribution in [3.05, 3.63) is 59.4 Å². The highest BCUT2D eigenvalue weighted by atomic mass is 32.2. The molecule has 0 radical (unpaired) electrons. The highest BCUT2D eigenvalue weighted by Gasteiger charge is 2.41. The first-order valence-electron chi connectivity index (χ1n) is 12.2. The van der Waals surface area contributed by atoms with Crippen LogP contribution in [0.4, 0.5) is 13.2 Å². The van der Waals surface area contributed by atoms with Gasteiger partial charge in [0, 0.05) is 25.1 Å². The van der Waals surface area contributed by atoms with Gasteiger partial charge in [-0.05, 0) is 55.7 Å². The van der Waals surface area contributed by atoms with E-state index in [9.17, 15) is 26.4 Å². The van der Waals surface area contributed by atoms with E-state index in [1.807, 2.05) is 30.3 Å². The zero-order valence-corrected chi connectivity index (χ0v) is 21.5. The van der Waals surface area contributed by atoms with Crippen LogP contribution in [-0.4, -0.2) is 42.4 Å². The van der Waals surface area contributed by atoms with Gasteiger partial charge in [0.1, 0.15) is 11.2 Å². The number of hydrogen-bond donors (Lipinski definition) is 1. The predicted octanol–water partition coefficient (Wildman–Crippen LogP) is 4.99. The molecule has 0 atom stereocenters. The Morgan fingerprint density at radius 3 is 2.43 bits per heavy atom. The molecule has 1 aliphatic rings. The lowest BCUT2D eigenvalue weighted by Gasteiger charge is -2.29. The Labute approximate surface area is 214 Å². The number of alkyl halides is 3. The molecule has 0 unspecified atom stereocenters. The molecule has 2 aromatic heterocycles. The van der Waals surface area contributed by atoms with E-state index in [0.29, 0.717) is 35.7 Å². The Bertz CT molecular complexity index is 1360. The zero-order valence-electron chi connectivity index (χ0n) is 20.7. The van der Waals surface area contributed by atoms with Crippen LogP contribution in [0.2, 0.25) is 0 Å². The fraction of sp³-hybridized carbons (Fsp3) is 0.462. The van der Waals surface area contributed by atoms with Crippen molar-refractivity contribution in [1.82, 2.24) is 14.3 Å². The lowest BCUT2D eigenvalue weighted by atomic mass is 9.82. The Morgan fingerprint density at radius 1 is 1.14 bits per heavy atom. The number of nitrogens with one attached hydrogen (secondary N) is 1. The van der Waals surface area contributed by atoms with Crippen molar-refractivity contribution >= 4 is 26.8 Å². The van der Waals surface area contributed by atoms with Crippen molar-refractivity contribution in [2.75, 3.05) is 12.4 Å². The van der Waals surface area contributed by atoms with E-state index >= 15 is 0 Å². The van der Waals surface area contributed by atoms with Gasteiger partial charge >= 0.3 is 6.18 Å². The molecule has 0 aliphatic heterocycles. The van der Waals surface area contributed by atoms with Crippen molar-refractivity contribution in [3.63, 3.8) is 0 Å². The summed E-state index contributed by atoms with van der Waals surface area (Å²) in [4.78, 5) is 17.5. The first kappa shape index (κ1) is 27.0. The maximum Gasteiger partial charge on any atom is 0.391 e. The fourth-order valence-corrected chi connectivity index (χ4v) is 5.46. The van der Waals surface area contributed by atoms with Crippen molar-refractivity contribution in [3.8, 4) is 5.88 Å². The molecule has 37 heavy (non-hydrogen) atoms. The molecule has 200 valence electrons. The minimum atomic E-state index is -4.17. The van der Waals surface area contributed by atoms with Gasteiger partial charge in [-0.1, -0.05) is 30.3 Å². The van der Waals surface area contributed by atoms with Crippen LogP contribution >= 0.6 is 0 Å². The molecule has 1 saturated carbocycles. The van der Waals surface area contributed by atoms with E-state index in [1.165, 1.54) is 6.92 Å². The van der Waals surface area contributed by atoms with Gasteiger partial charge in [-0.15, -0.1) is 0 Å². The number of fused-ring (bicyclic) bond motifs is 1. The Morgan fingerprint density at radius 2 is 1.81 bits per heavy atom. The summed E-state index contributed by atoms with van der Waals surface area (Å²) >= 11 is 0. The van der Waals surface area contributed by atoms with Gasteiger partial charge < -0.3 is 9.30 Å². The van der Waals surface area contributed by atoms with Crippen LogP contribution < -0.4 is 9.46 Å². The summed E-state index contributed by atoms with van der Waals surface area (Å²) in [6.45, 7) is 1.65. The van der Waals surface area contributed by atoms with E-state index in [4.69, 9.17) is 4.74 Å². The number of amides is 1. The number of carbonyl (C=O) groups is 1. The number of benzene rings is 1. The number of aromatic nitrogens is 2. The van der Waals surface area contributed by atoms with Gasteiger partial charge in [0.2, 0.25) is 15.9 Å². The number of nitrogens with zero attached hydrogens (tertiary/aromatic N) is 2. The lowest BCUT2D eigenvalue weighted by Crippen LogP contribution is -2.33. The summed E-state index contributed by atoms with van der Waals surface area (Å²) in [6.07, 6.45) is -1.26. The van der Waals surface area contributed by atoms with Crippen molar-refractivity contribution < 1.29 is 31.1 Å². The average Bonchev–Trinajstić information content (AvgIpc) is 3.14. The highest BCUT2D eigenvalue weighted by molar-refractivity contribution is 7.90. The normalized spacial score (nSPS) is 18.6. The van der Waals surface area contributed by atoms with Gasteiger partial charge in [0.25, 0.3) is 5.91 Å². The average molecular weight is 538 g/mol. The van der Waals surface area contributed by atoms with Gasteiger partial charge in [-0.25, -0.2) is 18.1 Å². The molecular weight excluding hydrogens is 507 g/mol. The smallest absolute Gasteiger partial charge is 0.391 e. The summed E-state index contributed by atoms with van der Waals surface area (Å²) in [7, 11) is -2.15. The van der Waals surface area contributed by atoms with Crippen molar-refractivity contribution in [2.45, 2.75) is 45.2 Å². The molecule has 0 saturated heterocycles. The topological polar surface area (TPSA) is 90.3 Å². The summed E-state index contributed by atoms with van der Waals surface area (Å²) in [5.41, 5.74) is 2.27. The quantitative estimate of drug-likeness (QED) is 0.437. The third-order valence-electron chi connectivity index (χ3n) is 7.00. The van der Waals surface area contributed by atoms with Crippen LogP contribution in [0.1, 0.15) is 54.2 Å². The molecule has 1 N–H and O–H groups in total. The molecule has 11 heteroatoms. The number of halogens is 3. The first-order chi connectivity index (χ1) is 17.5. The second-order valence-corrected chi connectivity index (χ2v) is 11.5. The number of aryl methyl sites for hydroxylation is 1. The SMILES string of the molecule is CCS(=O)(=O)NC(=O)c1c(Cc2ccccc2)c2ccnc(OCC3CCC(C(F)(F)F)CC3)c2n1C. The monoisotopic (exact) mass is 537 g/mol. The van der Waals surface area contributed by atoms with Crippen molar-refractivity contribution in [2.24, 2.45) is 18.9 Å². The van der Waals surface area contributed by atoms with E-state index in [0.717, 1.165) is 5.56 Å². The highest BCUT2D eigenvalue weighted by Crippen LogP contribution is 2.40. The Kier molecular flexibility index (Phi) is 7.82. The molecule has 4 rings (SSSR count). The number of sulfonamides is 1. The molecule has 0 spiro atoms. The lowest BCUT2D eigenvalue weighted by molar-refractivity contribution is -0.184. The van der Waals surface area contributed by atoms with Crippen LogP contribution in [-0.2, 0) is 23.5 Å². The van der Waals surface area contributed by atoms with Crippen LogP contribution in [0.15, 0.2) is 42.6 Å². The maximum atomic E-state index is 13.2. The van der Waals surface area contributed by atoms with Crippen LogP contribution in [0, 0.1) is 11.8 Å². The number of hydrogen-bond acceptors (Lipinski definition) is 5. The van der Waals surface area contributed by atoms with Gasteiger partial charge in [-0.3, -0.25) is 4.79 Å². The maximum absolute atomic E-state index is 13.2.